The maximum Gasteiger partial charge on any atom is 0.397 e. The third-order valence-electron chi connectivity index (χ3n) is 0.376. The molecule has 0 aliphatic carbocycles. The molecule has 0 aliphatic rings. The number of thiol groups is 1. The van der Waals surface area contributed by atoms with Gasteiger partial charge in [-0.3, -0.25) is 0 Å². The van der Waals surface area contributed by atoms with Crippen LogP contribution in [0.5, 0.6) is 0 Å². The van der Waals surface area contributed by atoms with Crippen molar-refractivity contribution in [1.82, 2.24) is 5.32 Å². The fourth-order valence-corrected chi connectivity index (χ4v) is 0.266. The van der Waals surface area contributed by atoms with E-state index in [-0.39, 0.29) is 0 Å². The van der Waals surface area contributed by atoms with Gasteiger partial charge in [-0.25, -0.2) is 4.79 Å². The largest absolute Gasteiger partial charge is 0.397 e. The van der Waals surface area contributed by atoms with Crippen LogP contribution in [0.1, 0.15) is 0 Å². The predicted molar refractivity (Wildman–Crippen MR) is 28.4 cm³/mol. The molecule has 0 rings (SSSR count). The zero-order chi connectivity index (χ0) is 5.70. The summed E-state index contributed by atoms with van der Waals surface area (Å²) in [4.78, 5) is 9.39. The Morgan fingerprint density at radius 1 is 1.86 bits per heavy atom. The third-order valence-corrected chi connectivity index (χ3v) is 0.599. The molecule has 0 spiro atoms. The van der Waals surface area contributed by atoms with E-state index in [2.05, 4.69) is 12.6 Å². The van der Waals surface area contributed by atoms with Crippen LogP contribution in [-0.2, 0) is 0 Å². The zero-order valence-corrected chi connectivity index (χ0v) is 4.54. The normalized spacial score (nSPS) is 8.29. The number of rotatable bonds is 2. The first-order chi connectivity index (χ1) is 3.27. The van der Waals surface area contributed by atoms with Gasteiger partial charge in [0.1, 0.15) is 0 Å². The number of carbonyl (C=O) groups is 1. The molecule has 1 amide bonds. The number of halogens is 1. The monoisotopic (exact) mass is 123 g/mol. The summed E-state index contributed by atoms with van der Waals surface area (Å²) in [6, 6.07) is 0. The van der Waals surface area contributed by atoms with Crippen molar-refractivity contribution >= 4 is 18.8 Å². The fraction of sp³-hybridized carbons (Fsp3) is 0.667. The maximum absolute atomic E-state index is 11.1. The van der Waals surface area contributed by atoms with Gasteiger partial charge < -0.3 is 5.32 Å². The van der Waals surface area contributed by atoms with Crippen LogP contribution in [0.2, 0.25) is 0 Å². The van der Waals surface area contributed by atoms with E-state index >= 15 is 0 Å². The lowest BCUT2D eigenvalue weighted by atomic mass is 10.8. The van der Waals surface area contributed by atoms with Gasteiger partial charge in [-0.2, -0.15) is 12.6 Å². The molecule has 0 aliphatic heterocycles. The molecule has 0 aromatic rings. The van der Waals surface area contributed by atoms with Crippen molar-refractivity contribution < 1.29 is 9.18 Å². The van der Waals surface area contributed by atoms with E-state index in [0.717, 1.165) is 0 Å². The Bertz CT molecular complexity index is 68.0. The van der Waals surface area contributed by atoms with Gasteiger partial charge in [0.05, 0.1) is 0 Å². The molecule has 0 atom stereocenters. The lowest BCUT2D eigenvalue weighted by molar-refractivity contribution is 0.222. The molecule has 42 valence electrons. The Balaban J connectivity index is 2.82. The highest BCUT2D eigenvalue weighted by atomic mass is 32.1. The highest BCUT2D eigenvalue weighted by Gasteiger charge is 1.88. The molecule has 0 bridgehead atoms. The number of nitrogens with one attached hydrogen (secondary N) is 1. The van der Waals surface area contributed by atoms with Crippen molar-refractivity contribution in [1.29, 1.82) is 0 Å². The van der Waals surface area contributed by atoms with E-state index in [4.69, 9.17) is 0 Å². The van der Waals surface area contributed by atoms with Crippen LogP contribution in [0.3, 0.4) is 0 Å². The van der Waals surface area contributed by atoms with E-state index in [1.165, 1.54) is 0 Å². The zero-order valence-electron chi connectivity index (χ0n) is 3.65. The van der Waals surface area contributed by atoms with Crippen LogP contribution in [0.4, 0.5) is 9.18 Å². The smallest absolute Gasteiger partial charge is 0.327 e. The Morgan fingerprint density at radius 2 is 2.43 bits per heavy atom. The number of carbonyl (C=O) groups excluding carboxylic acids is 1. The molecule has 0 unspecified atom stereocenters. The second kappa shape index (κ2) is 3.92. The second-order valence-corrected chi connectivity index (χ2v) is 1.37. The first-order valence-electron chi connectivity index (χ1n) is 1.81. The third kappa shape index (κ3) is 5.75. The minimum Gasteiger partial charge on any atom is -0.327 e. The van der Waals surface area contributed by atoms with Gasteiger partial charge >= 0.3 is 6.16 Å². The van der Waals surface area contributed by atoms with E-state index in [1.54, 1.807) is 0 Å². The lowest BCUT2D eigenvalue weighted by Crippen LogP contribution is -2.19. The van der Waals surface area contributed by atoms with Crippen molar-refractivity contribution in [3.05, 3.63) is 0 Å². The Morgan fingerprint density at radius 3 is 2.57 bits per heavy atom. The Labute approximate surface area is 46.5 Å². The second-order valence-electron chi connectivity index (χ2n) is 0.924. The molecule has 0 radical (unpaired) electrons. The topological polar surface area (TPSA) is 29.1 Å². The molecule has 1 N–H and O–H groups in total. The number of amides is 1. The van der Waals surface area contributed by atoms with Gasteiger partial charge in [0.2, 0.25) is 0 Å². The summed E-state index contributed by atoms with van der Waals surface area (Å²) in [6.07, 6.45) is -1.49. The van der Waals surface area contributed by atoms with E-state index in [1.807, 2.05) is 5.32 Å². The van der Waals surface area contributed by atoms with E-state index < -0.39 is 6.16 Å². The van der Waals surface area contributed by atoms with Crippen LogP contribution >= 0.6 is 12.6 Å². The quantitative estimate of drug-likeness (QED) is 0.314. The summed E-state index contributed by atoms with van der Waals surface area (Å²) in [5.74, 6) is 0.468. The van der Waals surface area contributed by atoms with Crippen LogP contribution in [-0.4, -0.2) is 18.5 Å². The van der Waals surface area contributed by atoms with Gasteiger partial charge in [-0.15, -0.1) is 4.39 Å². The summed E-state index contributed by atoms with van der Waals surface area (Å²) < 4.78 is 11.1. The molecule has 0 saturated heterocycles. The first kappa shape index (κ1) is 6.75. The molecule has 0 heterocycles. The van der Waals surface area contributed by atoms with Gasteiger partial charge in [0, 0.05) is 12.3 Å². The van der Waals surface area contributed by atoms with Gasteiger partial charge in [0.25, 0.3) is 0 Å². The minimum atomic E-state index is -1.49. The summed E-state index contributed by atoms with van der Waals surface area (Å²) in [7, 11) is 0. The SMILES string of the molecule is O=C(F)NCCS. The van der Waals surface area contributed by atoms with Crippen LogP contribution in [0.15, 0.2) is 0 Å². The first-order valence-corrected chi connectivity index (χ1v) is 2.45. The van der Waals surface area contributed by atoms with Crippen molar-refractivity contribution in [2.75, 3.05) is 12.3 Å². The molecule has 4 heteroatoms. The number of hydrogen-bond donors (Lipinski definition) is 2. The molecular formula is C3H6FNOS. The van der Waals surface area contributed by atoms with Gasteiger partial charge in [0.15, 0.2) is 0 Å². The highest BCUT2D eigenvalue weighted by molar-refractivity contribution is 7.80. The molecular weight excluding hydrogens is 117 g/mol. The minimum absolute atomic E-state index is 0.290. The lowest BCUT2D eigenvalue weighted by Gasteiger charge is -1.89. The van der Waals surface area contributed by atoms with Crippen molar-refractivity contribution in [3.8, 4) is 0 Å². The number of hydrogen-bond acceptors (Lipinski definition) is 2. The average molecular weight is 123 g/mol. The van der Waals surface area contributed by atoms with Crippen molar-refractivity contribution in [3.63, 3.8) is 0 Å². The van der Waals surface area contributed by atoms with Gasteiger partial charge in [-0.05, 0) is 0 Å². The molecule has 0 saturated carbocycles. The summed E-state index contributed by atoms with van der Waals surface area (Å²) >= 11 is 3.71. The molecule has 0 aromatic heterocycles. The summed E-state index contributed by atoms with van der Waals surface area (Å²) in [5, 5.41) is 1.91. The van der Waals surface area contributed by atoms with Crippen LogP contribution in [0.25, 0.3) is 0 Å². The highest BCUT2D eigenvalue weighted by Crippen LogP contribution is 1.71. The standard InChI is InChI=1S/C3H6FNOS/c4-3(6)5-1-2-7/h7H,1-2H2,(H,5,6). The van der Waals surface area contributed by atoms with Crippen LogP contribution < -0.4 is 5.32 Å². The van der Waals surface area contributed by atoms with Crippen molar-refractivity contribution in [2.24, 2.45) is 0 Å². The van der Waals surface area contributed by atoms with Crippen molar-refractivity contribution in [2.45, 2.75) is 0 Å². The average Bonchev–Trinajstić information content (AvgIpc) is 1.61. The molecule has 2 nitrogen and oxygen atoms in total. The van der Waals surface area contributed by atoms with E-state index in [0.29, 0.717) is 12.3 Å². The Kier molecular flexibility index (Phi) is 3.78. The Hall–Kier alpha value is -0.250. The molecule has 0 fully saturated rings. The molecule has 7 heavy (non-hydrogen) atoms. The van der Waals surface area contributed by atoms with E-state index in [9.17, 15) is 9.18 Å². The molecule has 0 aromatic carbocycles. The summed E-state index contributed by atoms with van der Waals surface area (Å²) in [5.41, 5.74) is 0. The predicted octanol–water partition coefficient (Wildman–Crippen LogP) is 0.595. The maximum atomic E-state index is 11.1. The van der Waals surface area contributed by atoms with Crippen LogP contribution in [0, 0.1) is 0 Å². The fourth-order valence-electron chi connectivity index (χ4n) is 0.154. The summed E-state index contributed by atoms with van der Waals surface area (Å²) in [6.45, 7) is 0.290. The van der Waals surface area contributed by atoms with Gasteiger partial charge in [-0.1, -0.05) is 0 Å².